The number of hydrogen-bond acceptors (Lipinski definition) is 7. The van der Waals surface area contributed by atoms with E-state index >= 15 is 0 Å². The van der Waals surface area contributed by atoms with E-state index in [1.807, 2.05) is 6.07 Å². The summed E-state index contributed by atoms with van der Waals surface area (Å²) in [6.07, 6.45) is 4.40. The highest BCUT2D eigenvalue weighted by molar-refractivity contribution is 6.35. The summed E-state index contributed by atoms with van der Waals surface area (Å²) in [5.74, 6) is -1.47. The summed E-state index contributed by atoms with van der Waals surface area (Å²) in [6, 6.07) is 11.2. The lowest BCUT2D eigenvalue weighted by Crippen LogP contribution is -2.26. The number of carbonyl (C=O) groups excluding carboxylic acids is 2. The van der Waals surface area contributed by atoms with Crippen LogP contribution in [0, 0.1) is 11.1 Å². The quantitative estimate of drug-likeness (QED) is 0.114. The number of carbonyl (C=O) groups is 2. The molecule has 2 aromatic heterocycles. The second-order valence-corrected chi connectivity index (χ2v) is 10.5. The van der Waals surface area contributed by atoms with Gasteiger partial charge in [-0.05, 0) is 42.5 Å². The van der Waals surface area contributed by atoms with Gasteiger partial charge < -0.3 is 29.1 Å². The molecule has 1 fully saturated rings. The third kappa shape index (κ3) is 7.21. The molecule has 0 radical (unpaired) electrons. The molecule has 5 rings (SSSR count). The van der Waals surface area contributed by atoms with E-state index in [-0.39, 0.29) is 33.5 Å². The molecular weight excluding hydrogens is 597 g/mol. The number of alkyl halides is 2. The Labute approximate surface area is 248 Å². The smallest absolute Gasteiger partial charge is 0.387 e. The first kappa shape index (κ1) is 29.4. The van der Waals surface area contributed by atoms with Gasteiger partial charge in [0.1, 0.15) is 16.1 Å². The molecule has 0 unspecified atom stereocenters. The number of rotatable bonds is 12. The number of aromatic nitrogens is 2. The van der Waals surface area contributed by atoms with Crippen molar-refractivity contribution in [3.63, 3.8) is 0 Å². The first-order valence-electron chi connectivity index (χ1n) is 12.9. The Bertz CT molecular complexity index is 1590. The number of nitrogens with one attached hydrogen (secondary N) is 1. The highest BCUT2D eigenvalue weighted by Gasteiger charge is 2.27. The van der Waals surface area contributed by atoms with E-state index in [9.17, 15) is 23.6 Å². The SMILES string of the molecule is O=C(COC(=O)c1c[nH]c2ccccc12)O[C@@H](Cc1c(Cl)c[n+]([O-])cc1Cl)c1ccc(OC(F)F)c(OCC2CC2)c1. The number of para-hydroxylation sites is 1. The summed E-state index contributed by atoms with van der Waals surface area (Å²) in [4.78, 5) is 28.6. The van der Waals surface area contributed by atoms with E-state index in [4.69, 9.17) is 37.4 Å². The fourth-order valence-corrected chi connectivity index (χ4v) is 4.90. The average molecular weight is 621 g/mol. The summed E-state index contributed by atoms with van der Waals surface area (Å²) in [7, 11) is 0. The number of hydrogen-bond donors (Lipinski definition) is 1. The number of fused-ring (bicyclic) bond motifs is 1. The highest BCUT2D eigenvalue weighted by Crippen LogP contribution is 2.37. The van der Waals surface area contributed by atoms with Crippen molar-refractivity contribution in [2.45, 2.75) is 32.0 Å². The zero-order chi connectivity index (χ0) is 29.8. The minimum absolute atomic E-state index is 0.0205. The summed E-state index contributed by atoms with van der Waals surface area (Å²) in [6.45, 7) is -3.50. The Morgan fingerprint density at radius 1 is 1.07 bits per heavy atom. The normalized spacial score (nSPS) is 13.6. The van der Waals surface area contributed by atoms with Crippen LogP contribution >= 0.6 is 23.2 Å². The summed E-state index contributed by atoms with van der Waals surface area (Å²) >= 11 is 12.5. The van der Waals surface area contributed by atoms with Crippen LogP contribution < -0.4 is 14.2 Å². The molecule has 2 heterocycles. The van der Waals surface area contributed by atoms with Crippen LogP contribution in [-0.2, 0) is 20.7 Å². The number of aromatic amines is 1. The van der Waals surface area contributed by atoms with Crippen molar-refractivity contribution in [1.82, 2.24) is 4.98 Å². The molecule has 0 saturated heterocycles. The van der Waals surface area contributed by atoms with E-state index in [2.05, 4.69) is 9.72 Å². The van der Waals surface area contributed by atoms with Crippen LogP contribution in [0.3, 0.4) is 0 Å². The molecule has 13 heteroatoms. The van der Waals surface area contributed by atoms with Gasteiger partial charge in [0.05, 0.1) is 12.2 Å². The van der Waals surface area contributed by atoms with Gasteiger partial charge in [0.15, 0.2) is 30.5 Å². The molecule has 4 aromatic rings. The monoisotopic (exact) mass is 620 g/mol. The first-order chi connectivity index (χ1) is 20.2. The molecule has 2 aromatic carbocycles. The van der Waals surface area contributed by atoms with Crippen LogP contribution in [0.1, 0.15) is 40.4 Å². The van der Waals surface area contributed by atoms with Crippen LogP contribution in [0.4, 0.5) is 8.78 Å². The second-order valence-electron chi connectivity index (χ2n) is 9.64. The maximum absolute atomic E-state index is 13.0. The Balaban J connectivity index is 1.37. The van der Waals surface area contributed by atoms with Gasteiger partial charge in [-0.15, -0.1) is 0 Å². The largest absolute Gasteiger partial charge is 0.619 e. The van der Waals surface area contributed by atoms with E-state index in [0.717, 1.165) is 30.8 Å². The van der Waals surface area contributed by atoms with Crippen LogP contribution in [-0.4, -0.2) is 36.7 Å². The molecule has 0 spiro atoms. The standard InChI is InChI=1S/C29H24Cl2F2N2O7/c30-21-12-35(38)13-22(31)19(21)10-25(17-7-8-24(42-29(32)33)26(9-17)39-14-16-5-6-16)41-27(36)15-40-28(37)20-11-34-23-4-2-1-3-18(20)23/h1-4,7-9,11-13,16,25,29,34H,5-6,10,14-15H2/t25-/m0/s1. The molecule has 1 N–H and O–H groups in total. The maximum atomic E-state index is 13.0. The second kappa shape index (κ2) is 12.8. The minimum Gasteiger partial charge on any atom is -0.619 e. The zero-order valence-corrected chi connectivity index (χ0v) is 23.4. The molecule has 0 bridgehead atoms. The number of H-pyrrole nitrogens is 1. The van der Waals surface area contributed by atoms with E-state index in [0.29, 0.717) is 33.8 Å². The molecule has 1 aliphatic rings. The van der Waals surface area contributed by atoms with Crippen molar-refractivity contribution < 1.29 is 42.0 Å². The van der Waals surface area contributed by atoms with Gasteiger partial charge in [0.2, 0.25) is 0 Å². The van der Waals surface area contributed by atoms with Crippen molar-refractivity contribution in [3.05, 3.63) is 93.0 Å². The number of halogens is 4. The summed E-state index contributed by atoms with van der Waals surface area (Å²) < 4.78 is 47.8. The zero-order valence-electron chi connectivity index (χ0n) is 21.9. The first-order valence-corrected chi connectivity index (χ1v) is 13.6. The summed E-state index contributed by atoms with van der Waals surface area (Å²) in [5, 5.41) is 12.4. The number of nitrogens with zero attached hydrogens (tertiary/aromatic N) is 1. The molecule has 1 aliphatic carbocycles. The van der Waals surface area contributed by atoms with Crippen molar-refractivity contribution in [2.75, 3.05) is 13.2 Å². The summed E-state index contributed by atoms with van der Waals surface area (Å²) in [5.41, 5.74) is 1.61. The number of benzene rings is 2. The maximum Gasteiger partial charge on any atom is 0.387 e. The Hall–Kier alpha value is -4.09. The minimum atomic E-state index is -3.08. The lowest BCUT2D eigenvalue weighted by Gasteiger charge is -2.21. The lowest BCUT2D eigenvalue weighted by molar-refractivity contribution is -0.605. The van der Waals surface area contributed by atoms with Gasteiger partial charge in [-0.2, -0.15) is 13.5 Å². The lowest BCUT2D eigenvalue weighted by atomic mass is 10.0. The van der Waals surface area contributed by atoms with Crippen molar-refractivity contribution in [1.29, 1.82) is 0 Å². The molecule has 42 heavy (non-hydrogen) atoms. The number of ether oxygens (including phenoxy) is 4. The van der Waals surface area contributed by atoms with E-state index < -0.39 is 31.3 Å². The van der Waals surface area contributed by atoms with Crippen LogP contribution in [0.25, 0.3) is 10.9 Å². The molecule has 0 amide bonds. The Morgan fingerprint density at radius 3 is 2.52 bits per heavy atom. The number of pyridine rings is 1. The Kier molecular flexibility index (Phi) is 8.98. The predicted octanol–water partition coefficient (Wildman–Crippen LogP) is 6.18. The molecule has 220 valence electrons. The van der Waals surface area contributed by atoms with Crippen LogP contribution in [0.5, 0.6) is 11.5 Å². The van der Waals surface area contributed by atoms with Gasteiger partial charge in [-0.1, -0.05) is 47.5 Å². The molecular formula is C29H24Cl2F2N2O7. The average Bonchev–Trinajstić information content (AvgIpc) is 3.68. The fourth-order valence-electron chi connectivity index (χ4n) is 4.30. The van der Waals surface area contributed by atoms with Crippen molar-refractivity contribution in [3.8, 4) is 11.5 Å². The predicted molar refractivity (Wildman–Crippen MR) is 148 cm³/mol. The van der Waals surface area contributed by atoms with Gasteiger partial charge in [-0.3, -0.25) is 0 Å². The highest BCUT2D eigenvalue weighted by atomic mass is 35.5. The van der Waals surface area contributed by atoms with Crippen LogP contribution in [0.15, 0.2) is 61.1 Å². The molecule has 9 nitrogen and oxygen atoms in total. The van der Waals surface area contributed by atoms with Crippen molar-refractivity contribution in [2.24, 2.45) is 5.92 Å². The van der Waals surface area contributed by atoms with Crippen LogP contribution in [0.2, 0.25) is 10.0 Å². The molecule has 1 saturated carbocycles. The number of esters is 2. The van der Waals surface area contributed by atoms with Crippen molar-refractivity contribution >= 4 is 46.0 Å². The third-order valence-corrected chi connectivity index (χ3v) is 7.23. The third-order valence-electron chi connectivity index (χ3n) is 6.58. The topological polar surface area (TPSA) is 114 Å². The van der Waals surface area contributed by atoms with E-state index in [1.54, 1.807) is 18.2 Å². The molecule has 1 atom stereocenters. The van der Waals surface area contributed by atoms with Gasteiger partial charge in [-0.25, -0.2) is 9.59 Å². The Morgan fingerprint density at radius 2 is 1.81 bits per heavy atom. The fraction of sp³-hybridized carbons (Fsp3) is 0.276. The van der Waals surface area contributed by atoms with Gasteiger partial charge in [0.25, 0.3) is 0 Å². The van der Waals surface area contributed by atoms with Gasteiger partial charge in [0, 0.05) is 29.1 Å². The van der Waals surface area contributed by atoms with E-state index in [1.165, 1.54) is 24.4 Å². The molecule has 0 aliphatic heterocycles. The van der Waals surface area contributed by atoms with Gasteiger partial charge >= 0.3 is 18.6 Å².